The molecule has 3 rings (SSSR count). The molecule has 2 bridgehead atoms. The average Bonchev–Trinajstić information content (AvgIpc) is 2.87. The standard InChI is InChI=1S/C11H19N5O/c12-3-4-16-6-9(13-14-16)5-15-7-10-1-2-11(8-15)17-10/h6,10-11H,1-5,7-8,12H2. The van der Waals surface area contributed by atoms with Gasteiger partial charge < -0.3 is 10.5 Å². The van der Waals surface area contributed by atoms with Gasteiger partial charge in [0.15, 0.2) is 0 Å². The van der Waals surface area contributed by atoms with Gasteiger partial charge in [0, 0.05) is 32.4 Å². The molecule has 0 amide bonds. The summed E-state index contributed by atoms with van der Waals surface area (Å²) in [6, 6.07) is 0. The molecule has 1 aromatic rings. The zero-order valence-corrected chi connectivity index (χ0v) is 9.96. The minimum Gasteiger partial charge on any atom is -0.372 e. The number of morpholine rings is 1. The molecule has 2 saturated heterocycles. The van der Waals surface area contributed by atoms with Crippen molar-refractivity contribution in [3.05, 3.63) is 11.9 Å². The predicted octanol–water partition coefficient (Wildman–Crippen LogP) is -0.400. The molecular formula is C11H19N5O. The highest BCUT2D eigenvalue weighted by atomic mass is 16.5. The van der Waals surface area contributed by atoms with E-state index in [2.05, 4.69) is 15.2 Å². The van der Waals surface area contributed by atoms with Gasteiger partial charge >= 0.3 is 0 Å². The van der Waals surface area contributed by atoms with Crippen molar-refractivity contribution in [2.75, 3.05) is 19.6 Å². The average molecular weight is 237 g/mol. The van der Waals surface area contributed by atoms with Crippen LogP contribution in [0.3, 0.4) is 0 Å². The summed E-state index contributed by atoms with van der Waals surface area (Å²) in [7, 11) is 0. The van der Waals surface area contributed by atoms with Crippen LogP contribution >= 0.6 is 0 Å². The van der Waals surface area contributed by atoms with Crippen LogP contribution in [-0.4, -0.2) is 51.7 Å². The molecule has 2 aliphatic heterocycles. The number of hydrogen-bond donors (Lipinski definition) is 1. The van der Waals surface area contributed by atoms with Crippen LogP contribution in [0, 0.1) is 0 Å². The zero-order valence-electron chi connectivity index (χ0n) is 9.96. The van der Waals surface area contributed by atoms with E-state index >= 15 is 0 Å². The van der Waals surface area contributed by atoms with E-state index < -0.39 is 0 Å². The van der Waals surface area contributed by atoms with E-state index in [-0.39, 0.29) is 0 Å². The first-order valence-corrected chi connectivity index (χ1v) is 6.30. The number of nitrogens with zero attached hydrogens (tertiary/aromatic N) is 4. The fourth-order valence-corrected chi connectivity index (χ4v) is 2.71. The maximum Gasteiger partial charge on any atom is 0.0967 e. The van der Waals surface area contributed by atoms with E-state index in [0.717, 1.165) is 31.9 Å². The summed E-state index contributed by atoms with van der Waals surface area (Å²) in [5.74, 6) is 0. The van der Waals surface area contributed by atoms with E-state index in [0.29, 0.717) is 18.8 Å². The first-order valence-electron chi connectivity index (χ1n) is 6.30. The Bertz CT molecular complexity index is 368. The topological polar surface area (TPSA) is 69.2 Å². The third kappa shape index (κ3) is 2.48. The molecule has 17 heavy (non-hydrogen) atoms. The van der Waals surface area contributed by atoms with E-state index in [1.807, 2.05) is 10.9 Å². The molecule has 6 nitrogen and oxygen atoms in total. The van der Waals surface area contributed by atoms with Crippen molar-refractivity contribution in [1.29, 1.82) is 0 Å². The second-order valence-corrected chi connectivity index (χ2v) is 4.91. The first-order chi connectivity index (χ1) is 8.33. The summed E-state index contributed by atoms with van der Waals surface area (Å²) in [6.45, 7) is 4.27. The van der Waals surface area contributed by atoms with Gasteiger partial charge in [0.2, 0.25) is 0 Å². The Hall–Kier alpha value is -0.980. The molecule has 0 aromatic carbocycles. The molecule has 0 saturated carbocycles. The van der Waals surface area contributed by atoms with Gasteiger partial charge in [-0.05, 0) is 12.8 Å². The van der Waals surface area contributed by atoms with Crippen LogP contribution in [0.5, 0.6) is 0 Å². The van der Waals surface area contributed by atoms with Gasteiger partial charge in [0.25, 0.3) is 0 Å². The lowest BCUT2D eigenvalue weighted by molar-refractivity contribution is -0.0414. The molecule has 2 N–H and O–H groups in total. The molecule has 6 heteroatoms. The van der Waals surface area contributed by atoms with Crippen LogP contribution in [0.25, 0.3) is 0 Å². The maximum atomic E-state index is 5.81. The highest BCUT2D eigenvalue weighted by molar-refractivity contribution is 4.95. The molecule has 94 valence electrons. The van der Waals surface area contributed by atoms with Crippen molar-refractivity contribution >= 4 is 0 Å². The Labute approximate surface area is 101 Å². The largest absolute Gasteiger partial charge is 0.372 e. The van der Waals surface area contributed by atoms with Crippen molar-refractivity contribution < 1.29 is 4.74 Å². The number of aromatic nitrogens is 3. The van der Waals surface area contributed by atoms with Gasteiger partial charge in [0.05, 0.1) is 24.4 Å². The van der Waals surface area contributed by atoms with Crippen LogP contribution < -0.4 is 5.73 Å². The van der Waals surface area contributed by atoms with Gasteiger partial charge in [-0.25, -0.2) is 0 Å². The molecule has 1 aromatic heterocycles. The van der Waals surface area contributed by atoms with E-state index in [4.69, 9.17) is 10.5 Å². The third-order valence-electron chi connectivity index (χ3n) is 3.45. The Balaban J connectivity index is 1.58. The molecule has 0 spiro atoms. The Morgan fingerprint density at radius 1 is 1.35 bits per heavy atom. The second-order valence-electron chi connectivity index (χ2n) is 4.91. The minimum atomic E-state index is 0.438. The minimum absolute atomic E-state index is 0.438. The quantitative estimate of drug-likeness (QED) is 0.771. The molecule has 0 aliphatic carbocycles. The van der Waals surface area contributed by atoms with Crippen LogP contribution in [0.2, 0.25) is 0 Å². The lowest BCUT2D eigenvalue weighted by Crippen LogP contribution is -2.42. The molecule has 2 aliphatic rings. The summed E-state index contributed by atoms with van der Waals surface area (Å²) in [4.78, 5) is 2.42. The maximum absolute atomic E-state index is 5.81. The molecule has 3 heterocycles. The summed E-state index contributed by atoms with van der Waals surface area (Å²) in [6.07, 6.45) is 5.28. The van der Waals surface area contributed by atoms with Crippen LogP contribution in [0.1, 0.15) is 18.5 Å². The van der Waals surface area contributed by atoms with E-state index in [1.54, 1.807) is 0 Å². The number of likely N-dealkylation sites (tertiary alicyclic amines) is 1. The third-order valence-corrected chi connectivity index (χ3v) is 3.45. The van der Waals surface area contributed by atoms with Gasteiger partial charge in [-0.1, -0.05) is 5.21 Å². The Morgan fingerprint density at radius 3 is 2.82 bits per heavy atom. The fraction of sp³-hybridized carbons (Fsp3) is 0.818. The fourth-order valence-electron chi connectivity index (χ4n) is 2.71. The van der Waals surface area contributed by atoms with Gasteiger partial charge in [-0.3, -0.25) is 9.58 Å². The van der Waals surface area contributed by atoms with E-state index in [9.17, 15) is 0 Å². The van der Waals surface area contributed by atoms with Crippen LogP contribution in [-0.2, 0) is 17.8 Å². The van der Waals surface area contributed by atoms with Gasteiger partial charge in [-0.2, -0.15) is 0 Å². The van der Waals surface area contributed by atoms with Gasteiger partial charge in [-0.15, -0.1) is 5.10 Å². The lowest BCUT2D eigenvalue weighted by atomic mass is 10.2. The number of nitrogens with two attached hydrogens (primary N) is 1. The summed E-state index contributed by atoms with van der Waals surface area (Å²) < 4.78 is 7.62. The zero-order chi connectivity index (χ0) is 11.7. The highest BCUT2D eigenvalue weighted by Crippen LogP contribution is 2.26. The number of ether oxygens (including phenoxy) is 1. The predicted molar refractivity (Wildman–Crippen MR) is 62.2 cm³/mol. The highest BCUT2D eigenvalue weighted by Gasteiger charge is 2.33. The molecule has 2 atom stereocenters. The SMILES string of the molecule is NCCn1cc(CN2CC3CCC(C2)O3)nn1. The summed E-state index contributed by atoms with van der Waals surface area (Å²) in [5.41, 5.74) is 6.51. The monoisotopic (exact) mass is 237 g/mol. The molecule has 2 unspecified atom stereocenters. The van der Waals surface area contributed by atoms with Crippen molar-refractivity contribution in [3.8, 4) is 0 Å². The van der Waals surface area contributed by atoms with Crippen LogP contribution in [0.15, 0.2) is 6.20 Å². The Kier molecular flexibility index (Phi) is 3.09. The second kappa shape index (κ2) is 4.72. The molecule has 0 radical (unpaired) electrons. The van der Waals surface area contributed by atoms with E-state index in [1.165, 1.54) is 12.8 Å². The van der Waals surface area contributed by atoms with Crippen LogP contribution in [0.4, 0.5) is 0 Å². The Morgan fingerprint density at radius 2 is 2.12 bits per heavy atom. The van der Waals surface area contributed by atoms with Crippen molar-refractivity contribution in [1.82, 2.24) is 19.9 Å². The smallest absolute Gasteiger partial charge is 0.0967 e. The number of fused-ring (bicyclic) bond motifs is 2. The first kappa shape index (κ1) is 11.1. The van der Waals surface area contributed by atoms with Gasteiger partial charge in [0.1, 0.15) is 0 Å². The summed E-state index contributed by atoms with van der Waals surface area (Å²) in [5, 5.41) is 8.23. The molecule has 2 fully saturated rings. The normalized spacial score (nSPS) is 28.8. The molecular weight excluding hydrogens is 218 g/mol. The van der Waals surface area contributed by atoms with Crippen molar-refractivity contribution in [2.24, 2.45) is 5.73 Å². The summed E-state index contributed by atoms with van der Waals surface area (Å²) >= 11 is 0. The number of rotatable bonds is 4. The number of hydrogen-bond acceptors (Lipinski definition) is 5. The van der Waals surface area contributed by atoms with Crippen molar-refractivity contribution in [3.63, 3.8) is 0 Å². The van der Waals surface area contributed by atoms with Crippen molar-refractivity contribution in [2.45, 2.75) is 38.1 Å². The lowest BCUT2D eigenvalue weighted by Gasteiger charge is -2.31.